The van der Waals surface area contributed by atoms with Crippen molar-refractivity contribution in [3.05, 3.63) is 34.9 Å². The normalized spacial score (nSPS) is 33.5. The summed E-state index contributed by atoms with van der Waals surface area (Å²) < 4.78 is 0. The summed E-state index contributed by atoms with van der Waals surface area (Å²) in [6.45, 7) is 2.17. The van der Waals surface area contributed by atoms with Gasteiger partial charge in [0.05, 0.1) is 5.92 Å². The van der Waals surface area contributed by atoms with E-state index >= 15 is 0 Å². The molecule has 1 heterocycles. The number of rotatable bonds is 1. The Labute approximate surface area is 123 Å². The molecule has 2 fully saturated rings. The molecule has 1 spiro atoms. The number of hydrogen-bond donors (Lipinski definition) is 1. The third-order valence-electron chi connectivity index (χ3n) is 5.05. The largest absolute Gasteiger partial charge is 0.296 e. The van der Waals surface area contributed by atoms with Crippen molar-refractivity contribution in [2.75, 3.05) is 0 Å². The van der Waals surface area contributed by atoms with Crippen LogP contribution in [0.1, 0.15) is 44.1 Å². The SMILES string of the molecule is CC1CCCC12CC(=O)NC(=O)C2c1ccc(Cl)cc1. The lowest BCUT2D eigenvalue weighted by molar-refractivity contribution is -0.141. The molecule has 1 N–H and O–H groups in total. The van der Waals surface area contributed by atoms with Gasteiger partial charge in [0.15, 0.2) is 0 Å². The maximum Gasteiger partial charge on any atom is 0.234 e. The number of imide groups is 1. The Morgan fingerprint density at radius 1 is 1.25 bits per heavy atom. The fraction of sp³-hybridized carbons (Fsp3) is 0.500. The Morgan fingerprint density at radius 3 is 2.55 bits per heavy atom. The van der Waals surface area contributed by atoms with Gasteiger partial charge in [0.2, 0.25) is 11.8 Å². The topological polar surface area (TPSA) is 46.2 Å². The highest BCUT2D eigenvalue weighted by atomic mass is 35.5. The molecule has 3 rings (SSSR count). The number of carbonyl (C=O) groups excluding carboxylic acids is 2. The predicted molar refractivity (Wildman–Crippen MR) is 77.4 cm³/mol. The lowest BCUT2D eigenvalue weighted by Gasteiger charge is -2.43. The Balaban J connectivity index is 2.06. The van der Waals surface area contributed by atoms with E-state index < -0.39 is 0 Å². The van der Waals surface area contributed by atoms with Crippen LogP contribution in [0.4, 0.5) is 0 Å². The van der Waals surface area contributed by atoms with Crippen LogP contribution in [0.5, 0.6) is 0 Å². The fourth-order valence-electron chi connectivity index (χ4n) is 4.02. The molecule has 0 aromatic heterocycles. The molecule has 1 saturated carbocycles. The molecular weight excluding hydrogens is 274 g/mol. The molecule has 1 saturated heterocycles. The van der Waals surface area contributed by atoms with Gasteiger partial charge in [-0.15, -0.1) is 0 Å². The van der Waals surface area contributed by atoms with E-state index in [0.717, 1.165) is 24.8 Å². The Kier molecular flexibility index (Phi) is 3.33. The summed E-state index contributed by atoms with van der Waals surface area (Å²) in [5.74, 6) is -0.139. The van der Waals surface area contributed by atoms with Gasteiger partial charge in [-0.2, -0.15) is 0 Å². The van der Waals surface area contributed by atoms with Crippen molar-refractivity contribution in [1.82, 2.24) is 5.32 Å². The van der Waals surface area contributed by atoms with E-state index in [4.69, 9.17) is 11.6 Å². The molecule has 3 unspecified atom stereocenters. The van der Waals surface area contributed by atoms with Crippen molar-refractivity contribution >= 4 is 23.4 Å². The van der Waals surface area contributed by atoms with Crippen molar-refractivity contribution in [2.24, 2.45) is 11.3 Å². The fourth-order valence-corrected chi connectivity index (χ4v) is 4.14. The van der Waals surface area contributed by atoms with E-state index in [2.05, 4.69) is 12.2 Å². The minimum atomic E-state index is -0.241. The molecule has 1 aromatic carbocycles. The van der Waals surface area contributed by atoms with Crippen LogP contribution in [-0.4, -0.2) is 11.8 Å². The number of hydrogen-bond acceptors (Lipinski definition) is 2. The number of benzene rings is 1. The van der Waals surface area contributed by atoms with Gasteiger partial charge in [-0.3, -0.25) is 14.9 Å². The third-order valence-corrected chi connectivity index (χ3v) is 5.31. The highest BCUT2D eigenvalue weighted by molar-refractivity contribution is 6.30. The second-order valence-corrected chi connectivity index (χ2v) is 6.54. The Bertz CT molecular complexity index is 554. The molecular formula is C16H18ClNO2. The van der Waals surface area contributed by atoms with Crippen molar-refractivity contribution < 1.29 is 9.59 Å². The molecule has 0 radical (unpaired) electrons. The van der Waals surface area contributed by atoms with E-state index in [9.17, 15) is 9.59 Å². The van der Waals surface area contributed by atoms with Crippen molar-refractivity contribution in [1.29, 1.82) is 0 Å². The number of amides is 2. The molecule has 2 amide bonds. The minimum Gasteiger partial charge on any atom is -0.296 e. The standard InChI is InChI=1S/C16H18ClNO2/c1-10-3-2-8-16(10)9-13(19)18-15(20)14(16)11-4-6-12(17)7-5-11/h4-7,10,14H,2-3,8-9H2,1H3,(H,18,19,20). The molecule has 1 aliphatic carbocycles. The van der Waals surface area contributed by atoms with Gasteiger partial charge in [0, 0.05) is 11.4 Å². The summed E-state index contributed by atoms with van der Waals surface area (Å²) in [7, 11) is 0. The van der Waals surface area contributed by atoms with E-state index in [0.29, 0.717) is 17.4 Å². The maximum atomic E-state index is 12.4. The van der Waals surface area contributed by atoms with Gasteiger partial charge in [-0.05, 0) is 35.4 Å². The number of halogens is 1. The molecule has 3 nitrogen and oxygen atoms in total. The summed E-state index contributed by atoms with van der Waals surface area (Å²) in [5, 5.41) is 3.16. The molecule has 2 aliphatic rings. The molecule has 1 aromatic rings. The van der Waals surface area contributed by atoms with Crippen LogP contribution in [0, 0.1) is 11.3 Å². The number of piperidine rings is 1. The molecule has 20 heavy (non-hydrogen) atoms. The van der Waals surface area contributed by atoms with Crippen LogP contribution in [0.25, 0.3) is 0 Å². The minimum absolute atomic E-state index is 0.131. The van der Waals surface area contributed by atoms with E-state index in [1.54, 1.807) is 0 Å². The van der Waals surface area contributed by atoms with Gasteiger partial charge in [0.25, 0.3) is 0 Å². The second-order valence-electron chi connectivity index (χ2n) is 6.10. The van der Waals surface area contributed by atoms with Crippen molar-refractivity contribution in [2.45, 2.75) is 38.5 Å². The Morgan fingerprint density at radius 2 is 1.95 bits per heavy atom. The molecule has 1 aliphatic heterocycles. The van der Waals surface area contributed by atoms with Gasteiger partial charge < -0.3 is 0 Å². The van der Waals surface area contributed by atoms with E-state index in [1.165, 1.54) is 0 Å². The van der Waals surface area contributed by atoms with Crippen LogP contribution in [0.2, 0.25) is 5.02 Å². The highest BCUT2D eigenvalue weighted by Gasteiger charge is 2.53. The zero-order valence-corrected chi connectivity index (χ0v) is 12.2. The van der Waals surface area contributed by atoms with E-state index in [1.807, 2.05) is 24.3 Å². The van der Waals surface area contributed by atoms with Crippen molar-refractivity contribution in [3.8, 4) is 0 Å². The van der Waals surface area contributed by atoms with Gasteiger partial charge in [-0.1, -0.05) is 43.5 Å². The molecule has 0 bridgehead atoms. The lowest BCUT2D eigenvalue weighted by Crippen LogP contribution is -2.51. The van der Waals surface area contributed by atoms with Crippen LogP contribution in [0.3, 0.4) is 0 Å². The van der Waals surface area contributed by atoms with E-state index in [-0.39, 0.29) is 23.1 Å². The second kappa shape index (κ2) is 4.88. The summed E-state index contributed by atoms with van der Waals surface area (Å²) in [4.78, 5) is 24.3. The lowest BCUT2D eigenvalue weighted by atomic mass is 9.62. The molecule has 106 valence electrons. The first kappa shape index (κ1) is 13.6. The molecule has 3 atom stereocenters. The maximum absolute atomic E-state index is 12.4. The quantitative estimate of drug-likeness (QED) is 0.807. The average molecular weight is 292 g/mol. The van der Waals surface area contributed by atoms with Gasteiger partial charge in [0.1, 0.15) is 0 Å². The zero-order chi connectivity index (χ0) is 14.3. The summed E-state index contributed by atoms with van der Waals surface area (Å²) >= 11 is 5.94. The van der Waals surface area contributed by atoms with Crippen LogP contribution in [-0.2, 0) is 9.59 Å². The monoisotopic (exact) mass is 291 g/mol. The number of nitrogens with one attached hydrogen (secondary N) is 1. The van der Waals surface area contributed by atoms with Crippen LogP contribution in [0.15, 0.2) is 24.3 Å². The summed E-state index contributed by atoms with van der Waals surface area (Å²) in [5.41, 5.74) is 0.751. The van der Waals surface area contributed by atoms with Crippen molar-refractivity contribution in [3.63, 3.8) is 0 Å². The third kappa shape index (κ3) is 2.05. The van der Waals surface area contributed by atoms with Crippen LogP contribution < -0.4 is 5.32 Å². The number of carbonyl (C=O) groups is 2. The highest BCUT2D eigenvalue weighted by Crippen LogP contribution is 2.56. The first-order chi connectivity index (χ1) is 9.53. The first-order valence-electron chi connectivity index (χ1n) is 7.12. The van der Waals surface area contributed by atoms with Gasteiger partial charge in [-0.25, -0.2) is 0 Å². The first-order valence-corrected chi connectivity index (χ1v) is 7.50. The predicted octanol–water partition coefficient (Wildman–Crippen LogP) is 3.28. The van der Waals surface area contributed by atoms with Crippen LogP contribution >= 0.6 is 11.6 Å². The average Bonchev–Trinajstić information content (AvgIpc) is 2.72. The summed E-state index contributed by atoms with van der Waals surface area (Å²) in [6.07, 6.45) is 3.57. The summed E-state index contributed by atoms with van der Waals surface area (Å²) in [6, 6.07) is 7.45. The molecule has 4 heteroatoms. The smallest absolute Gasteiger partial charge is 0.234 e. The zero-order valence-electron chi connectivity index (χ0n) is 11.5. The van der Waals surface area contributed by atoms with Gasteiger partial charge >= 0.3 is 0 Å². The Hall–Kier alpha value is -1.35.